The lowest BCUT2D eigenvalue weighted by Crippen LogP contribution is -2.03. The van der Waals surface area contributed by atoms with Gasteiger partial charge in [0, 0.05) is 23.8 Å². The van der Waals surface area contributed by atoms with E-state index in [1.54, 1.807) is 36.4 Å². The van der Waals surface area contributed by atoms with E-state index in [0.717, 1.165) is 0 Å². The Bertz CT molecular complexity index is 825. The maximum atomic E-state index is 11.4. The van der Waals surface area contributed by atoms with Crippen LogP contribution in [0.15, 0.2) is 60.7 Å². The predicted molar refractivity (Wildman–Crippen MR) is 83.4 cm³/mol. The molecule has 0 saturated heterocycles. The molecule has 0 spiro atoms. The van der Waals surface area contributed by atoms with Crippen molar-refractivity contribution in [1.29, 1.82) is 0 Å². The highest BCUT2D eigenvalue weighted by molar-refractivity contribution is 5.96. The zero-order chi connectivity index (χ0) is 15.5. The zero-order valence-electron chi connectivity index (χ0n) is 11.9. The summed E-state index contributed by atoms with van der Waals surface area (Å²) in [7, 11) is 0. The monoisotopic (exact) mass is 294 g/mol. The fourth-order valence-corrected chi connectivity index (χ4v) is 2.24. The summed E-state index contributed by atoms with van der Waals surface area (Å²) in [5.74, 6) is 0.791. The highest BCUT2D eigenvalue weighted by Gasteiger charge is 2.16. The number of carbonyl (C=O) groups is 1. The second kappa shape index (κ2) is 5.77. The van der Waals surface area contributed by atoms with Crippen molar-refractivity contribution in [2.75, 3.05) is 0 Å². The van der Waals surface area contributed by atoms with E-state index in [2.05, 4.69) is 0 Å². The van der Waals surface area contributed by atoms with E-state index in [0.29, 0.717) is 22.3 Å². The first-order valence-electron chi connectivity index (χ1n) is 6.81. The number of hydrogen-bond acceptors (Lipinski definition) is 4. The zero-order valence-corrected chi connectivity index (χ0v) is 11.9. The number of carbonyl (C=O) groups excluding carboxylic acids is 1. The van der Waals surface area contributed by atoms with Crippen LogP contribution in [0.3, 0.4) is 0 Å². The third kappa shape index (κ3) is 2.72. The normalized spacial score (nSPS) is 10.4. The van der Waals surface area contributed by atoms with Crippen molar-refractivity contribution in [1.82, 2.24) is 0 Å². The molecule has 1 N–H and O–H groups in total. The number of ether oxygens (including phenoxy) is 2. The van der Waals surface area contributed by atoms with Crippen LogP contribution in [0.5, 0.6) is 23.0 Å². The summed E-state index contributed by atoms with van der Waals surface area (Å²) in [5, 5.41) is 11.4. The van der Waals surface area contributed by atoms with Crippen LogP contribution < -0.4 is 9.47 Å². The average Bonchev–Trinajstić information content (AvgIpc) is 2.52. The Kier molecular flexibility index (Phi) is 3.66. The lowest BCUT2D eigenvalue weighted by Gasteiger charge is -2.14. The van der Waals surface area contributed by atoms with Crippen molar-refractivity contribution in [3.63, 3.8) is 0 Å². The van der Waals surface area contributed by atoms with Gasteiger partial charge in [0.1, 0.15) is 11.5 Å². The van der Waals surface area contributed by atoms with Crippen LogP contribution in [0.2, 0.25) is 0 Å². The number of phenols is 1. The molecule has 0 heterocycles. The van der Waals surface area contributed by atoms with Crippen LogP contribution >= 0.6 is 0 Å². The highest BCUT2D eigenvalue weighted by Crippen LogP contribution is 2.42. The van der Waals surface area contributed by atoms with E-state index >= 15 is 0 Å². The smallest absolute Gasteiger partial charge is 0.308 e. The molecule has 0 aliphatic rings. The molecule has 110 valence electrons. The van der Waals surface area contributed by atoms with E-state index in [9.17, 15) is 9.90 Å². The Morgan fingerprint density at radius 1 is 0.955 bits per heavy atom. The van der Waals surface area contributed by atoms with Gasteiger partial charge in [0.25, 0.3) is 0 Å². The molecule has 3 aromatic rings. The van der Waals surface area contributed by atoms with Crippen LogP contribution in [0, 0.1) is 0 Å². The molecule has 0 radical (unpaired) electrons. The van der Waals surface area contributed by atoms with Crippen LogP contribution in [-0.4, -0.2) is 11.1 Å². The summed E-state index contributed by atoms with van der Waals surface area (Å²) in [6.45, 7) is 1.33. The van der Waals surface area contributed by atoms with Gasteiger partial charge in [-0.05, 0) is 12.1 Å². The first-order valence-corrected chi connectivity index (χ1v) is 6.81. The molecule has 0 bridgehead atoms. The minimum atomic E-state index is -0.450. The minimum absolute atomic E-state index is 0.0671. The van der Waals surface area contributed by atoms with Gasteiger partial charge in [-0.25, -0.2) is 0 Å². The molecular weight excluding hydrogens is 280 g/mol. The Labute approximate surface area is 127 Å². The van der Waals surface area contributed by atoms with Gasteiger partial charge in [0.2, 0.25) is 0 Å². The topological polar surface area (TPSA) is 55.8 Å². The van der Waals surface area contributed by atoms with Crippen molar-refractivity contribution in [2.24, 2.45) is 0 Å². The number of para-hydroxylation sites is 1. The fourth-order valence-electron chi connectivity index (χ4n) is 2.24. The molecular formula is C18H14O4. The van der Waals surface area contributed by atoms with Gasteiger partial charge < -0.3 is 14.6 Å². The van der Waals surface area contributed by atoms with Crippen molar-refractivity contribution in [3.8, 4) is 23.0 Å². The molecule has 0 aromatic heterocycles. The van der Waals surface area contributed by atoms with Crippen molar-refractivity contribution in [3.05, 3.63) is 60.7 Å². The van der Waals surface area contributed by atoms with Gasteiger partial charge in [0.15, 0.2) is 11.5 Å². The van der Waals surface area contributed by atoms with Gasteiger partial charge in [-0.2, -0.15) is 0 Å². The largest absolute Gasteiger partial charge is 0.507 e. The molecule has 0 saturated carbocycles. The van der Waals surface area contributed by atoms with E-state index in [1.165, 1.54) is 13.0 Å². The molecule has 3 aromatic carbocycles. The molecule has 4 heteroatoms. The first-order chi connectivity index (χ1) is 10.6. The van der Waals surface area contributed by atoms with Gasteiger partial charge in [0.05, 0.1) is 0 Å². The van der Waals surface area contributed by atoms with E-state index < -0.39 is 5.97 Å². The number of rotatable bonds is 3. The number of esters is 1. The molecule has 0 amide bonds. The summed E-state index contributed by atoms with van der Waals surface area (Å²) in [5.41, 5.74) is 0. The van der Waals surface area contributed by atoms with Crippen molar-refractivity contribution < 1.29 is 19.4 Å². The Morgan fingerprint density at radius 2 is 1.59 bits per heavy atom. The summed E-state index contributed by atoms with van der Waals surface area (Å²) in [6, 6.07) is 17.7. The van der Waals surface area contributed by atoms with E-state index in [4.69, 9.17) is 9.47 Å². The van der Waals surface area contributed by atoms with Crippen LogP contribution in [0.1, 0.15) is 6.92 Å². The number of benzene rings is 3. The van der Waals surface area contributed by atoms with Gasteiger partial charge in [-0.3, -0.25) is 4.79 Å². The van der Waals surface area contributed by atoms with Crippen LogP contribution in [0.4, 0.5) is 0 Å². The third-order valence-electron chi connectivity index (χ3n) is 3.16. The number of aromatic hydroxyl groups is 1. The Hall–Kier alpha value is -3.01. The molecule has 0 atom stereocenters. The molecule has 3 rings (SSSR count). The fraction of sp³-hybridized carbons (Fsp3) is 0.0556. The molecule has 0 aliphatic carbocycles. The van der Waals surface area contributed by atoms with Crippen molar-refractivity contribution in [2.45, 2.75) is 6.92 Å². The first kappa shape index (κ1) is 13.9. The van der Waals surface area contributed by atoms with Gasteiger partial charge >= 0.3 is 5.97 Å². The quantitative estimate of drug-likeness (QED) is 0.579. The Balaban J connectivity index is 2.17. The summed E-state index contributed by atoms with van der Waals surface area (Å²) < 4.78 is 11.1. The molecule has 22 heavy (non-hydrogen) atoms. The summed E-state index contributed by atoms with van der Waals surface area (Å²) >= 11 is 0. The average molecular weight is 294 g/mol. The van der Waals surface area contributed by atoms with E-state index in [-0.39, 0.29) is 11.5 Å². The minimum Gasteiger partial charge on any atom is -0.507 e. The Morgan fingerprint density at radius 3 is 2.27 bits per heavy atom. The highest BCUT2D eigenvalue weighted by atomic mass is 16.6. The van der Waals surface area contributed by atoms with Crippen molar-refractivity contribution >= 4 is 16.7 Å². The molecule has 0 aliphatic heterocycles. The molecule has 4 nitrogen and oxygen atoms in total. The summed E-state index contributed by atoms with van der Waals surface area (Å²) in [6.07, 6.45) is 0. The van der Waals surface area contributed by atoms with Gasteiger partial charge in [-0.1, -0.05) is 42.5 Å². The second-order valence-corrected chi connectivity index (χ2v) is 4.78. The summed E-state index contributed by atoms with van der Waals surface area (Å²) in [4.78, 5) is 11.4. The second-order valence-electron chi connectivity index (χ2n) is 4.78. The van der Waals surface area contributed by atoms with Crippen LogP contribution in [0.25, 0.3) is 10.8 Å². The lowest BCUT2D eigenvalue weighted by molar-refractivity contribution is -0.131. The number of fused-ring (bicyclic) bond motifs is 1. The van der Waals surface area contributed by atoms with Crippen LogP contribution in [-0.2, 0) is 4.79 Å². The number of hydrogen-bond donors (Lipinski definition) is 1. The maximum absolute atomic E-state index is 11.4. The van der Waals surface area contributed by atoms with Gasteiger partial charge in [-0.15, -0.1) is 0 Å². The molecule has 0 fully saturated rings. The predicted octanol–water partition coefficient (Wildman–Crippen LogP) is 4.26. The van der Waals surface area contributed by atoms with E-state index in [1.807, 2.05) is 18.2 Å². The SMILES string of the molecule is CC(=O)Oc1c(Oc2ccccc2)cc(O)c2ccccc12. The molecule has 0 unspecified atom stereocenters. The lowest BCUT2D eigenvalue weighted by atomic mass is 10.1. The standard InChI is InChI=1S/C18H14O4/c1-12(19)21-18-15-10-6-5-9-14(15)16(20)11-17(18)22-13-7-3-2-4-8-13/h2-11,20H,1H3. The maximum Gasteiger partial charge on any atom is 0.308 e. The number of phenolic OH excluding ortho intramolecular Hbond substituents is 1. The third-order valence-corrected chi connectivity index (χ3v) is 3.16.